The molecule has 2 saturated carbocycles. The zero-order chi connectivity index (χ0) is 17.6. The van der Waals surface area contributed by atoms with Crippen molar-refractivity contribution >= 4 is 11.9 Å². The molecule has 4 fully saturated rings. The lowest BCUT2D eigenvalue weighted by Gasteiger charge is -2.55. The summed E-state index contributed by atoms with van der Waals surface area (Å²) in [7, 11) is 1.84. The molecular formula is C19H32N4O2. The number of aliphatic imine (C=N–C) groups is 1. The van der Waals surface area contributed by atoms with Gasteiger partial charge in [-0.3, -0.25) is 9.79 Å². The van der Waals surface area contributed by atoms with E-state index in [-0.39, 0.29) is 5.41 Å². The predicted molar refractivity (Wildman–Crippen MR) is 97.4 cm³/mol. The maximum atomic E-state index is 12.2. The van der Waals surface area contributed by atoms with Crippen molar-refractivity contribution in [2.24, 2.45) is 22.2 Å². The van der Waals surface area contributed by atoms with Crippen LogP contribution < -0.4 is 10.6 Å². The molecule has 0 aromatic rings. The van der Waals surface area contributed by atoms with E-state index in [2.05, 4.69) is 34.4 Å². The number of likely N-dealkylation sites (tertiary alicyclic amines) is 1. The molecule has 0 aromatic carbocycles. The second-order valence-electron chi connectivity index (χ2n) is 8.78. The second-order valence-corrected chi connectivity index (χ2v) is 8.78. The van der Waals surface area contributed by atoms with Gasteiger partial charge in [-0.15, -0.1) is 0 Å². The van der Waals surface area contributed by atoms with Gasteiger partial charge in [0.2, 0.25) is 5.91 Å². The monoisotopic (exact) mass is 348 g/mol. The predicted octanol–water partition coefficient (Wildman–Crippen LogP) is 1.37. The minimum absolute atomic E-state index is 0.152. The highest BCUT2D eigenvalue weighted by atomic mass is 16.5. The van der Waals surface area contributed by atoms with Crippen LogP contribution in [0, 0.1) is 17.3 Å². The van der Waals surface area contributed by atoms with Crippen LogP contribution in [0.2, 0.25) is 0 Å². The molecule has 140 valence electrons. The number of nitrogens with zero attached hydrogens (tertiary/aromatic N) is 2. The van der Waals surface area contributed by atoms with Crippen molar-refractivity contribution in [1.29, 1.82) is 0 Å². The Morgan fingerprint density at radius 2 is 1.84 bits per heavy atom. The van der Waals surface area contributed by atoms with Crippen molar-refractivity contribution in [1.82, 2.24) is 15.5 Å². The summed E-state index contributed by atoms with van der Waals surface area (Å²) in [5, 5.41) is 7.24. The first-order valence-corrected chi connectivity index (χ1v) is 9.91. The fourth-order valence-corrected chi connectivity index (χ4v) is 4.96. The number of piperidine rings is 1. The molecule has 2 aliphatic heterocycles. The van der Waals surface area contributed by atoms with Crippen LogP contribution in [-0.4, -0.2) is 61.7 Å². The molecule has 2 aliphatic carbocycles. The molecule has 6 nitrogen and oxygen atoms in total. The summed E-state index contributed by atoms with van der Waals surface area (Å²) in [5.74, 6) is 2.22. The third-order valence-electron chi connectivity index (χ3n) is 6.69. The molecule has 25 heavy (non-hydrogen) atoms. The maximum Gasteiger partial charge on any atom is 0.225 e. The van der Waals surface area contributed by atoms with Crippen LogP contribution in [0.25, 0.3) is 0 Å². The van der Waals surface area contributed by atoms with E-state index in [0.29, 0.717) is 35.9 Å². The molecule has 2 heterocycles. The number of guanidine groups is 1. The van der Waals surface area contributed by atoms with Crippen molar-refractivity contribution in [3.63, 3.8) is 0 Å². The molecule has 4 rings (SSSR count). The summed E-state index contributed by atoms with van der Waals surface area (Å²) in [6.45, 7) is 7.20. The first-order chi connectivity index (χ1) is 12.0. The number of carbonyl (C=O) groups is 1. The Balaban J connectivity index is 1.28. The van der Waals surface area contributed by atoms with Crippen molar-refractivity contribution in [3.8, 4) is 0 Å². The van der Waals surface area contributed by atoms with Gasteiger partial charge in [-0.05, 0) is 32.1 Å². The summed E-state index contributed by atoms with van der Waals surface area (Å²) in [6, 6.07) is 0.816. The van der Waals surface area contributed by atoms with E-state index in [1.807, 2.05) is 7.05 Å². The van der Waals surface area contributed by atoms with Crippen LogP contribution in [0.3, 0.4) is 0 Å². The standard InChI is InChI=1S/C19H32N4O2/c1-19(2)15(14-8-11-25-16(14)19)22-18(20-3)21-13-6-9-23(10-7-13)17(24)12-4-5-12/h12-16H,4-11H2,1-3H3,(H2,20,21,22). The largest absolute Gasteiger partial charge is 0.377 e. The van der Waals surface area contributed by atoms with Gasteiger partial charge in [-0.1, -0.05) is 13.8 Å². The number of ether oxygens (including phenoxy) is 1. The number of hydrogen-bond acceptors (Lipinski definition) is 3. The molecule has 0 bridgehead atoms. The van der Waals surface area contributed by atoms with Crippen LogP contribution in [0.5, 0.6) is 0 Å². The molecule has 3 atom stereocenters. The van der Waals surface area contributed by atoms with Crippen LogP contribution in [0.1, 0.15) is 46.0 Å². The maximum absolute atomic E-state index is 12.2. The van der Waals surface area contributed by atoms with Gasteiger partial charge in [0, 0.05) is 56.1 Å². The van der Waals surface area contributed by atoms with Crippen molar-refractivity contribution < 1.29 is 9.53 Å². The van der Waals surface area contributed by atoms with Crippen LogP contribution in [0.15, 0.2) is 4.99 Å². The second kappa shape index (κ2) is 6.45. The highest BCUT2D eigenvalue weighted by Gasteiger charge is 2.59. The quantitative estimate of drug-likeness (QED) is 0.597. The van der Waals surface area contributed by atoms with E-state index in [1.165, 1.54) is 0 Å². The minimum atomic E-state index is 0.152. The highest BCUT2D eigenvalue weighted by Crippen LogP contribution is 2.52. The molecule has 3 unspecified atom stereocenters. The Hall–Kier alpha value is -1.30. The first-order valence-electron chi connectivity index (χ1n) is 9.91. The van der Waals surface area contributed by atoms with E-state index in [9.17, 15) is 4.79 Å². The Morgan fingerprint density at radius 3 is 2.48 bits per heavy atom. The van der Waals surface area contributed by atoms with Crippen LogP contribution >= 0.6 is 0 Å². The molecule has 0 aromatic heterocycles. The summed E-state index contributed by atoms with van der Waals surface area (Å²) in [5.41, 5.74) is 0.152. The van der Waals surface area contributed by atoms with E-state index in [1.54, 1.807) is 0 Å². The fourth-order valence-electron chi connectivity index (χ4n) is 4.96. The Labute approximate surface area is 150 Å². The number of amides is 1. The summed E-state index contributed by atoms with van der Waals surface area (Å²) >= 11 is 0. The lowest BCUT2D eigenvalue weighted by molar-refractivity contribution is -0.133. The van der Waals surface area contributed by atoms with Gasteiger partial charge in [-0.25, -0.2) is 0 Å². The zero-order valence-electron chi connectivity index (χ0n) is 15.8. The first kappa shape index (κ1) is 17.1. The summed E-state index contributed by atoms with van der Waals surface area (Å²) < 4.78 is 5.88. The van der Waals surface area contributed by atoms with E-state index >= 15 is 0 Å². The number of nitrogens with one attached hydrogen (secondary N) is 2. The van der Waals surface area contributed by atoms with Gasteiger partial charge in [0.25, 0.3) is 0 Å². The highest BCUT2D eigenvalue weighted by molar-refractivity contribution is 5.82. The fraction of sp³-hybridized carbons (Fsp3) is 0.895. The molecule has 4 aliphatic rings. The van der Waals surface area contributed by atoms with Gasteiger partial charge < -0.3 is 20.3 Å². The van der Waals surface area contributed by atoms with Gasteiger partial charge >= 0.3 is 0 Å². The van der Waals surface area contributed by atoms with Gasteiger partial charge in [0.15, 0.2) is 5.96 Å². The van der Waals surface area contributed by atoms with Gasteiger partial charge in [-0.2, -0.15) is 0 Å². The summed E-state index contributed by atoms with van der Waals surface area (Å²) in [6.07, 6.45) is 5.72. The third kappa shape index (κ3) is 3.14. The molecular weight excluding hydrogens is 316 g/mol. The Bertz CT molecular complexity index is 550. The average Bonchev–Trinajstić information content (AvgIpc) is 3.36. The minimum Gasteiger partial charge on any atom is -0.377 e. The summed E-state index contributed by atoms with van der Waals surface area (Å²) in [4.78, 5) is 18.7. The zero-order valence-corrected chi connectivity index (χ0v) is 15.8. The number of hydrogen-bond donors (Lipinski definition) is 2. The Morgan fingerprint density at radius 1 is 1.12 bits per heavy atom. The third-order valence-corrected chi connectivity index (χ3v) is 6.69. The molecule has 6 heteroatoms. The molecule has 1 amide bonds. The lowest BCUT2D eigenvalue weighted by Crippen LogP contribution is -2.68. The molecule has 0 radical (unpaired) electrons. The van der Waals surface area contributed by atoms with Crippen molar-refractivity contribution in [2.45, 2.75) is 64.1 Å². The normalized spacial score (nSPS) is 35.1. The van der Waals surface area contributed by atoms with Crippen LogP contribution in [-0.2, 0) is 9.53 Å². The smallest absolute Gasteiger partial charge is 0.225 e. The topological polar surface area (TPSA) is 66.0 Å². The van der Waals surface area contributed by atoms with Gasteiger partial charge in [0.05, 0.1) is 6.10 Å². The van der Waals surface area contributed by atoms with E-state index < -0.39 is 0 Å². The average molecular weight is 348 g/mol. The van der Waals surface area contributed by atoms with E-state index in [0.717, 1.165) is 57.8 Å². The Kier molecular flexibility index (Phi) is 4.42. The number of fused-ring (bicyclic) bond motifs is 1. The van der Waals surface area contributed by atoms with Crippen molar-refractivity contribution in [2.75, 3.05) is 26.7 Å². The molecule has 2 saturated heterocycles. The lowest BCUT2D eigenvalue weighted by atomic mass is 9.57. The SMILES string of the molecule is CN=C(NC1CCN(C(=O)C2CC2)CC1)NC1C2CCOC2C1(C)C. The molecule has 2 N–H and O–H groups in total. The number of rotatable bonds is 3. The van der Waals surface area contributed by atoms with Crippen molar-refractivity contribution in [3.05, 3.63) is 0 Å². The number of carbonyl (C=O) groups excluding carboxylic acids is 1. The van der Waals surface area contributed by atoms with E-state index in [4.69, 9.17) is 4.74 Å². The molecule has 0 spiro atoms. The van der Waals surface area contributed by atoms with Gasteiger partial charge in [0.1, 0.15) is 0 Å². The van der Waals surface area contributed by atoms with Crippen LogP contribution in [0.4, 0.5) is 0 Å².